The summed E-state index contributed by atoms with van der Waals surface area (Å²) < 4.78 is 27.1. The Morgan fingerprint density at radius 1 is 0.971 bits per heavy atom. The van der Waals surface area contributed by atoms with Gasteiger partial charge >= 0.3 is 12.0 Å². The number of carboxylic acids is 1. The number of anilines is 1. The predicted octanol–water partition coefficient (Wildman–Crippen LogP) is 2.38. The highest BCUT2D eigenvalue weighted by atomic mass is 32.2. The van der Waals surface area contributed by atoms with Crippen LogP contribution in [0.4, 0.5) is 10.5 Å². The number of urea groups is 1. The predicted molar refractivity (Wildman–Crippen MR) is 121 cm³/mol. The number of rotatable bonds is 7. The van der Waals surface area contributed by atoms with Crippen LogP contribution in [0.5, 0.6) is 0 Å². The minimum atomic E-state index is -4.24. The van der Waals surface area contributed by atoms with Crippen LogP contribution >= 0.6 is 0 Å². The number of nitrogens with one attached hydrogen (secondary N) is 2. The molecule has 2 aromatic carbocycles. The molecule has 2 heterocycles. The minimum absolute atomic E-state index is 0.0868. The Morgan fingerprint density at radius 2 is 1.65 bits per heavy atom. The van der Waals surface area contributed by atoms with E-state index in [0.29, 0.717) is 15.4 Å². The second-order valence-corrected chi connectivity index (χ2v) is 9.41. The van der Waals surface area contributed by atoms with E-state index in [9.17, 15) is 22.8 Å². The van der Waals surface area contributed by atoms with Gasteiger partial charge in [0.05, 0.1) is 18.7 Å². The fraction of sp³-hybridized carbons (Fsp3) is 0.130. The molecule has 1 aliphatic rings. The molecule has 3 aromatic rings. The number of aliphatic carboxylic acids is 1. The number of carboxylic acid groups (broad SMARTS) is 1. The standard InChI is InChI=1S/C23H20N4O6S/c28-21(29)11-15-1-3-17(4-2-15)14-27-23(31)26-19-6-5-18(12-20(19)34(27,32)33)22(30)25-13-16-7-9-24-10-8-16/h1-10,12H,11,13-14H2,(H,25,30)(H,26,31)(H,28,29). The lowest BCUT2D eigenvalue weighted by Gasteiger charge is -2.29. The number of carbonyl (C=O) groups excluding carboxylic acids is 2. The second-order valence-electron chi connectivity index (χ2n) is 7.58. The third kappa shape index (κ3) is 4.89. The number of carbonyl (C=O) groups is 3. The van der Waals surface area contributed by atoms with Crippen molar-refractivity contribution in [3.63, 3.8) is 0 Å². The van der Waals surface area contributed by atoms with Crippen LogP contribution in [-0.4, -0.2) is 40.7 Å². The Morgan fingerprint density at radius 3 is 2.32 bits per heavy atom. The summed E-state index contributed by atoms with van der Waals surface area (Å²) in [6.45, 7) is -0.00858. The van der Waals surface area contributed by atoms with E-state index in [1.54, 1.807) is 48.8 Å². The molecular weight excluding hydrogens is 460 g/mol. The highest BCUT2D eigenvalue weighted by Gasteiger charge is 2.37. The number of nitrogens with zero attached hydrogens (tertiary/aromatic N) is 2. The van der Waals surface area contributed by atoms with E-state index in [2.05, 4.69) is 15.6 Å². The minimum Gasteiger partial charge on any atom is -0.481 e. The Balaban J connectivity index is 1.54. The zero-order valence-electron chi connectivity index (χ0n) is 17.8. The number of fused-ring (bicyclic) bond motifs is 1. The molecule has 0 saturated carbocycles. The van der Waals surface area contributed by atoms with Gasteiger partial charge < -0.3 is 15.7 Å². The number of amides is 3. The number of aromatic nitrogens is 1. The van der Waals surface area contributed by atoms with E-state index in [-0.39, 0.29) is 35.7 Å². The molecule has 1 aromatic heterocycles. The summed E-state index contributed by atoms with van der Waals surface area (Å²) in [6.07, 6.45) is 3.04. The van der Waals surface area contributed by atoms with Crippen LogP contribution < -0.4 is 10.6 Å². The number of pyridine rings is 1. The summed E-state index contributed by atoms with van der Waals surface area (Å²) in [6, 6.07) is 13.0. The van der Waals surface area contributed by atoms with Gasteiger partial charge in [0.1, 0.15) is 4.90 Å². The van der Waals surface area contributed by atoms with Gasteiger partial charge in [0.25, 0.3) is 15.9 Å². The quantitative estimate of drug-likeness (QED) is 0.471. The summed E-state index contributed by atoms with van der Waals surface area (Å²) >= 11 is 0. The molecule has 4 rings (SSSR count). The van der Waals surface area contributed by atoms with Crippen LogP contribution in [0.2, 0.25) is 0 Å². The molecular formula is C23H20N4O6S. The lowest BCUT2D eigenvalue weighted by molar-refractivity contribution is -0.136. The van der Waals surface area contributed by atoms with E-state index in [1.807, 2.05) is 0 Å². The highest BCUT2D eigenvalue weighted by molar-refractivity contribution is 7.90. The third-order valence-corrected chi connectivity index (χ3v) is 6.96. The first-order valence-electron chi connectivity index (χ1n) is 10.2. The molecule has 0 radical (unpaired) electrons. The van der Waals surface area contributed by atoms with Gasteiger partial charge in [0, 0.05) is 24.5 Å². The molecule has 0 bridgehead atoms. The van der Waals surface area contributed by atoms with Crippen LogP contribution in [0.25, 0.3) is 0 Å². The first-order valence-corrected chi connectivity index (χ1v) is 11.6. The Bertz CT molecular complexity index is 1360. The molecule has 0 saturated heterocycles. The third-order valence-electron chi connectivity index (χ3n) is 5.19. The molecule has 174 valence electrons. The molecule has 1 aliphatic heterocycles. The molecule has 0 unspecified atom stereocenters. The van der Waals surface area contributed by atoms with Crippen LogP contribution in [0, 0.1) is 0 Å². The monoisotopic (exact) mass is 480 g/mol. The van der Waals surface area contributed by atoms with Gasteiger partial charge in [-0.25, -0.2) is 17.5 Å². The van der Waals surface area contributed by atoms with Crippen molar-refractivity contribution in [2.45, 2.75) is 24.4 Å². The summed E-state index contributed by atoms with van der Waals surface area (Å²) in [5.74, 6) is -1.45. The van der Waals surface area contributed by atoms with E-state index in [0.717, 1.165) is 5.56 Å². The van der Waals surface area contributed by atoms with E-state index >= 15 is 0 Å². The first-order chi connectivity index (χ1) is 16.2. The van der Waals surface area contributed by atoms with Crippen molar-refractivity contribution in [2.24, 2.45) is 0 Å². The SMILES string of the molecule is O=C(O)Cc1ccc(CN2C(=O)Nc3ccc(C(=O)NCc4ccncc4)cc3S2(=O)=O)cc1. The molecule has 3 N–H and O–H groups in total. The van der Waals surface area contributed by atoms with Gasteiger partial charge in [-0.2, -0.15) is 0 Å². The van der Waals surface area contributed by atoms with Crippen LogP contribution in [0.3, 0.4) is 0 Å². The van der Waals surface area contributed by atoms with Crippen molar-refractivity contribution in [1.82, 2.24) is 14.6 Å². The highest BCUT2D eigenvalue weighted by Crippen LogP contribution is 2.32. The lowest BCUT2D eigenvalue weighted by atomic mass is 10.1. The number of hydrogen-bond acceptors (Lipinski definition) is 6. The van der Waals surface area contributed by atoms with Crippen molar-refractivity contribution in [3.05, 3.63) is 89.2 Å². The van der Waals surface area contributed by atoms with Crippen molar-refractivity contribution < 1.29 is 27.9 Å². The van der Waals surface area contributed by atoms with Gasteiger partial charge in [-0.1, -0.05) is 24.3 Å². The topological polar surface area (TPSA) is 146 Å². The number of benzene rings is 2. The lowest BCUT2D eigenvalue weighted by Crippen LogP contribution is -2.43. The Hall–Kier alpha value is -4.25. The fourth-order valence-electron chi connectivity index (χ4n) is 3.43. The molecule has 10 nitrogen and oxygen atoms in total. The average Bonchev–Trinajstić information content (AvgIpc) is 2.81. The van der Waals surface area contributed by atoms with Crippen LogP contribution in [-0.2, 0) is 34.3 Å². The summed E-state index contributed by atoms with van der Waals surface area (Å²) in [7, 11) is -4.24. The molecule has 0 spiro atoms. The van der Waals surface area contributed by atoms with E-state index in [4.69, 9.17) is 5.11 Å². The summed E-state index contributed by atoms with van der Waals surface area (Å²) in [5.41, 5.74) is 2.11. The summed E-state index contributed by atoms with van der Waals surface area (Å²) in [5, 5.41) is 14.1. The van der Waals surface area contributed by atoms with Crippen molar-refractivity contribution in [2.75, 3.05) is 5.32 Å². The smallest absolute Gasteiger partial charge is 0.336 e. The Labute approximate surface area is 195 Å². The van der Waals surface area contributed by atoms with Crippen LogP contribution in [0.1, 0.15) is 27.0 Å². The van der Waals surface area contributed by atoms with Gasteiger partial charge in [-0.15, -0.1) is 0 Å². The van der Waals surface area contributed by atoms with Crippen molar-refractivity contribution in [1.29, 1.82) is 0 Å². The zero-order valence-corrected chi connectivity index (χ0v) is 18.6. The molecule has 0 aliphatic carbocycles. The number of sulfonamides is 1. The van der Waals surface area contributed by atoms with Gasteiger partial charge in [-0.3, -0.25) is 14.6 Å². The first kappa shape index (κ1) is 22.9. The maximum absolute atomic E-state index is 13.2. The molecule has 3 amide bonds. The molecule has 0 fully saturated rings. The van der Waals surface area contributed by atoms with Crippen molar-refractivity contribution in [3.8, 4) is 0 Å². The maximum atomic E-state index is 13.2. The van der Waals surface area contributed by atoms with Crippen LogP contribution in [0.15, 0.2) is 71.9 Å². The van der Waals surface area contributed by atoms with Gasteiger partial charge in [-0.05, 0) is 47.0 Å². The summed E-state index contributed by atoms with van der Waals surface area (Å²) in [4.78, 5) is 39.7. The average molecular weight is 481 g/mol. The largest absolute Gasteiger partial charge is 0.481 e. The Kier molecular flexibility index (Phi) is 6.28. The zero-order chi connectivity index (χ0) is 24.3. The van der Waals surface area contributed by atoms with E-state index < -0.39 is 27.9 Å². The van der Waals surface area contributed by atoms with E-state index in [1.165, 1.54) is 18.2 Å². The number of hydrogen-bond donors (Lipinski definition) is 3. The molecule has 0 atom stereocenters. The molecule has 11 heteroatoms. The molecule has 34 heavy (non-hydrogen) atoms. The fourth-order valence-corrected chi connectivity index (χ4v) is 4.92. The normalized spacial score (nSPS) is 14.1. The maximum Gasteiger partial charge on any atom is 0.336 e. The van der Waals surface area contributed by atoms with Gasteiger partial charge in [0.15, 0.2) is 0 Å². The second kappa shape index (κ2) is 9.32. The van der Waals surface area contributed by atoms with Crippen molar-refractivity contribution >= 4 is 33.6 Å². The van der Waals surface area contributed by atoms with Gasteiger partial charge in [0.2, 0.25) is 0 Å².